The summed E-state index contributed by atoms with van der Waals surface area (Å²) in [7, 11) is 1.92. The van der Waals surface area contributed by atoms with E-state index in [1.807, 2.05) is 24.7 Å². The van der Waals surface area contributed by atoms with Gasteiger partial charge in [-0.05, 0) is 18.4 Å². The maximum Gasteiger partial charge on any atom is 0.222 e. The summed E-state index contributed by atoms with van der Waals surface area (Å²) in [6, 6.07) is 5.85. The Bertz CT molecular complexity index is 759. The van der Waals surface area contributed by atoms with Gasteiger partial charge in [0, 0.05) is 35.7 Å². The lowest BCUT2D eigenvalue weighted by molar-refractivity contribution is 0.740. The summed E-state index contributed by atoms with van der Waals surface area (Å²) in [5, 5.41) is 6.95. The Labute approximate surface area is 131 Å². The van der Waals surface area contributed by atoms with Crippen LogP contribution in [0.15, 0.2) is 23.6 Å². The fraction of sp³-hybridized carbons (Fsp3) is 0.214. The highest BCUT2D eigenvalue weighted by atomic mass is 35.5. The number of nitrogen functional groups attached to an aromatic ring is 1. The predicted molar refractivity (Wildman–Crippen MR) is 85.5 cm³/mol. The number of hydrogen-bond donors (Lipinski definition) is 1. The lowest BCUT2D eigenvalue weighted by atomic mass is 10.1. The second-order valence-corrected chi connectivity index (χ2v) is 6.15. The average Bonchev–Trinajstić information content (AvgIpc) is 3.01. The standard InChI is InChI=1S/C14H14ClN5S/c1-8-10(6-9-4-3-5-21-9)13(19-20(8)2)11-7-12(15)18-14(16)17-11/h3-5,7H,6H2,1-2H3,(H2,16,17,18). The molecule has 108 valence electrons. The van der Waals surface area contributed by atoms with Gasteiger partial charge in [-0.1, -0.05) is 17.7 Å². The fourth-order valence-corrected chi connectivity index (χ4v) is 3.12. The zero-order valence-electron chi connectivity index (χ0n) is 11.7. The first kappa shape index (κ1) is 14.0. The van der Waals surface area contributed by atoms with E-state index in [1.165, 1.54) is 4.88 Å². The molecule has 0 spiro atoms. The molecule has 3 aromatic rings. The van der Waals surface area contributed by atoms with Crippen LogP contribution >= 0.6 is 22.9 Å². The van der Waals surface area contributed by atoms with Crippen molar-refractivity contribution in [3.63, 3.8) is 0 Å². The first-order valence-electron chi connectivity index (χ1n) is 6.40. The summed E-state index contributed by atoms with van der Waals surface area (Å²) in [6.45, 7) is 2.05. The number of hydrogen-bond acceptors (Lipinski definition) is 5. The second kappa shape index (κ2) is 5.46. The number of aromatic nitrogens is 4. The van der Waals surface area contributed by atoms with Crippen molar-refractivity contribution in [1.29, 1.82) is 0 Å². The van der Waals surface area contributed by atoms with E-state index in [2.05, 4.69) is 26.5 Å². The third-order valence-corrected chi connectivity index (χ3v) is 4.41. The van der Waals surface area contributed by atoms with Gasteiger partial charge in [0.1, 0.15) is 10.8 Å². The van der Waals surface area contributed by atoms with Gasteiger partial charge in [0.15, 0.2) is 0 Å². The minimum atomic E-state index is 0.155. The monoisotopic (exact) mass is 319 g/mol. The Morgan fingerprint density at radius 1 is 1.38 bits per heavy atom. The molecule has 0 aromatic carbocycles. The summed E-state index contributed by atoms with van der Waals surface area (Å²) in [5.41, 5.74) is 9.39. The Balaban J connectivity index is 2.11. The highest BCUT2D eigenvalue weighted by Crippen LogP contribution is 2.28. The van der Waals surface area contributed by atoms with Crippen LogP contribution in [0.25, 0.3) is 11.4 Å². The molecule has 0 aliphatic carbocycles. The molecule has 2 N–H and O–H groups in total. The normalized spacial score (nSPS) is 11.0. The Morgan fingerprint density at radius 3 is 2.86 bits per heavy atom. The number of rotatable bonds is 3. The van der Waals surface area contributed by atoms with Gasteiger partial charge >= 0.3 is 0 Å². The van der Waals surface area contributed by atoms with Crippen LogP contribution < -0.4 is 5.73 Å². The number of thiophene rings is 1. The van der Waals surface area contributed by atoms with Crippen LogP contribution in [-0.4, -0.2) is 19.7 Å². The summed E-state index contributed by atoms with van der Waals surface area (Å²) in [6.07, 6.45) is 0.814. The molecule has 0 saturated carbocycles. The first-order valence-corrected chi connectivity index (χ1v) is 7.65. The summed E-state index contributed by atoms with van der Waals surface area (Å²) >= 11 is 7.70. The molecule has 0 fully saturated rings. The van der Waals surface area contributed by atoms with Crippen molar-refractivity contribution in [2.24, 2.45) is 7.05 Å². The van der Waals surface area contributed by atoms with E-state index < -0.39 is 0 Å². The van der Waals surface area contributed by atoms with E-state index in [0.717, 1.165) is 23.4 Å². The van der Waals surface area contributed by atoms with Crippen molar-refractivity contribution in [1.82, 2.24) is 19.7 Å². The molecule has 0 bridgehead atoms. The maximum atomic E-state index is 5.98. The zero-order valence-corrected chi connectivity index (χ0v) is 13.2. The highest BCUT2D eigenvalue weighted by molar-refractivity contribution is 7.09. The Hall–Kier alpha value is -1.92. The first-order chi connectivity index (χ1) is 10.0. The van der Waals surface area contributed by atoms with E-state index in [1.54, 1.807) is 17.4 Å². The van der Waals surface area contributed by atoms with Crippen molar-refractivity contribution in [3.8, 4) is 11.4 Å². The molecule has 0 unspecified atom stereocenters. The summed E-state index contributed by atoms with van der Waals surface area (Å²) in [4.78, 5) is 9.43. The molecule has 3 rings (SSSR count). The number of aryl methyl sites for hydroxylation is 1. The number of halogens is 1. The van der Waals surface area contributed by atoms with Crippen molar-refractivity contribution >= 4 is 28.9 Å². The largest absolute Gasteiger partial charge is 0.368 e. The molecular formula is C14H14ClN5S. The van der Waals surface area contributed by atoms with E-state index in [4.69, 9.17) is 17.3 Å². The number of nitrogens with zero attached hydrogens (tertiary/aromatic N) is 4. The summed E-state index contributed by atoms with van der Waals surface area (Å²) < 4.78 is 1.85. The van der Waals surface area contributed by atoms with Gasteiger partial charge in [-0.25, -0.2) is 9.97 Å². The third-order valence-electron chi connectivity index (χ3n) is 3.34. The molecule has 0 atom stereocenters. The molecular weight excluding hydrogens is 306 g/mol. The van der Waals surface area contributed by atoms with Crippen molar-refractivity contribution in [3.05, 3.63) is 44.9 Å². The van der Waals surface area contributed by atoms with Gasteiger partial charge in [0.2, 0.25) is 5.95 Å². The quantitative estimate of drug-likeness (QED) is 0.753. The molecule has 7 heteroatoms. The van der Waals surface area contributed by atoms with Gasteiger partial charge in [-0.2, -0.15) is 5.10 Å². The van der Waals surface area contributed by atoms with Gasteiger partial charge in [0.05, 0.1) is 5.69 Å². The maximum absolute atomic E-state index is 5.98. The third kappa shape index (κ3) is 2.77. The van der Waals surface area contributed by atoms with Crippen LogP contribution in [0.4, 0.5) is 5.95 Å². The van der Waals surface area contributed by atoms with E-state index in [-0.39, 0.29) is 5.95 Å². The second-order valence-electron chi connectivity index (χ2n) is 4.73. The lowest BCUT2D eigenvalue weighted by Crippen LogP contribution is -1.98. The van der Waals surface area contributed by atoms with Crippen LogP contribution in [0.3, 0.4) is 0 Å². The van der Waals surface area contributed by atoms with Crippen LogP contribution in [0.1, 0.15) is 16.1 Å². The van der Waals surface area contributed by atoms with Crippen molar-refractivity contribution in [2.45, 2.75) is 13.3 Å². The molecule has 0 saturated heterocycles. The SMILES string of the molecule is Cc1c(Cc2cccs2)c(-c2cc(Cl)nc(N)n2)nn1C. The minimum absolute atomic E-state index is 0.155. The number of nitrogens with two attached hydrogens (primary N) is 1. The molecule has 3 aromatic heterocycles. The number of anilines is 1. The van der Waals surface area contributed by atoms with Crippen LogP contribution in [0, 0.1) is 6.92 Å². The zero-order chi connectivity index (χ0) is 15.0. The van der Waals surface area contributed by atoms with Gasteiger partial charge in [-0.15, -0.1) is 11.3 Å². The van der Waals surface area contributed by atoms with E-state index in [9.17, 15) is 0 Å². The average molecular weight is 320 g/mol. The van der Waals surface area contributed by atoms with Crippen molar-refractivity contribution in [2.75, 3.05) is 5.73 Å². The van der Waals surface area contributed by atoms with Gasteiger partial charge in [0.25, 0.3) is 0 Å². The molecule has 0 amide bonds. The van der Waals surface area contributed by atoms with E-state index >= 15 is 0 Å². The Morgan fingerprint density at radius 2 is 2.19 bits per heavy atom. The molecule has 0 radical (unpaired) electrons. The Kier molecular flexibility index (Phi) is 3.65. The molecule has 5 nitrogen and oxygen atoms in total. The summed E-state index contributed by atoms with van der Waals surface area (Å²) in [5.74, 6) is 0.155. The van der Waals surface area contributed by atoms with Gasteiger partial charge in [-0.3, -0.25) is 4.68 Å². The predicted octanol–water partition coefficient (Wildman–Crippen LogP) is 3.07. The fourth-order valence-electron chi connectivity index (χ4n) is 2.21. The molecule has 0 aliphatic heterocycles. The van der Waals surface area contributed by atoms with Crippen LogP contribution in [-0.2, 0) is 13.5 Å². The van der Waals surface area contributed by atoms with E-state index in [0.29, 0.717) is 10.8 Å². The topological polar surface area (TPSA) is 69.6 Å². The molecule has 21 heavy (non-hydrogen) atoms. The van der Waals surface area contributed by atoms with Crippen LogP contribution in [0.2, 0.25) is 5.15 Å². The highest BCUT2D eigenvalue weighted by Gasteiger charge is 2.17. The molecule has 3 heterocycles. The smallest absolute Gasteiger partial charge is 0.222 e. The van der Waals surface area contributed by atoms with Crippen molar-refractivity contribution < 1.29 is 0 Å². The minimum Gasteiger partial charge on any atom is -0.368 e. The molecule has 0 aliphatic rings. The van der Waals surface area contributed by atoms with Gasteiger partial charge < -0.3 is 5.73 Å². The van der Waals surface area contributed by atoms with Crippen LogP contribution in [0.5, 0.6) is 0 Å². The lowest BCUT2D eigenvalue weighted by Gasteiger charge is -2.03.